The molecule has 0 bridgehead atoms. The van der Waals surface area contributed by atoms with Crippen LogP contribution in [0.15, 0.2) is 18.1 Å². The zero-order chi connectivity index (χ0) is 15.8. The topological polar surface area (TPSA) is 80.4 Å². The Kier molecular flexibility index (Phi) is 2.39. The van der Waals surface area contributed by atoms with Gasteiger partial charge in [0.1, 0.15) is 0 Å². The van der Waals surface area contributed by atoms with Gasteiger partial charge >= 0.3 is 5.97 Å². The Labute approximate surface area is 104 Å². The number of halogens is 1. The van der Waals surface area contributed by atoms with Gasteiger partial charge in [-0.05, 0) is 18.1 Å². The minimum absolute atomic E-state index is 0.351. The summed E-state index contributed by atoms with van der Waals surface area (Å²) in [5.74, 6) is -4.46. The lowest BCUT2D eigenvalue weighted by Crippen LogP contribution is -2.15. The summed E-state index contributed by atoms with van der Waals surface area (Å²) in [6.07, 6.45) is -0.723. The highest BCUT2D eigenvalue weighted by Crippen LogP contribution is 2.20. The van der Waals surface area contributed by atoms with Crippen LogP contribution >= 0.6 is 11.6 Å². The van der Waals surface area contributed by atoms with Gasteiger partial charge in [-0.3, -0.25) is 9.59 Å². The molecule has 16 heavy (non-hydrogen) atoms. The van der Waals surface area contributed by atoms with Crippen LogP contribution in [0.2, 0.25) is 5.02 Å². The second-order valence-corrected chi connectivity index (χ2v) is 3.54. The summed E-state index contributed by atoms with van der Waals surface area (Å²) in [5.41, 5.74) is 4.72. The molecule has 1 aromatic carbocycles. The minimum atomic E-state index is -2.08. The molecule has 0 saturated heterocycles. The van der Waals surface area contributed by atoms with Crippen molar-refractivity contribution in [2.24, 2.45) is 5.89 Å². The highest BCUT2D eigenvalue weighted by molar-refractivity contribution is 6.31. The molecule has 0 heterocycles. The van der Waals surface area contributed by atoms with Gasteiger partial charge in [-0.2, -0.15) is 0 Å². The van der Waals surface area contributed by atoms with Gasteiger partial charge in [0.2, 0.25) is 0 Å². The largest absolute Gasteiger partial charge is 0.481 e. The Morgan fingerprint density at radius 1 is 1.69 bits per heavy atom. The van der Waals surface area contributed by atoms with Crippen LogP contribution < -0.4 is 5.73 Å². The smallest absolute Gasteiger partial charge is 0.306 e. The molecule has 3 N–H and O–H groups in total. The van der Waals surface area contributed by atoms with Crippen LogP contribution in [-0.2, 0) is 4.79 Å². The first kappa shape index (κ1) is 7.68. The minimum Gasteiger partial charge on any atom is -0.481 e. The van der Waals surface area contributed by atoms with Crippen molar-refractivity contribution in [3.8, 4) is 0 Å². The second-order valence-electron chi connectivity index (χ2n) is 3.16. The Balaban J connectivity index is 3.35. The summed E-state index contributed by atoms with van der Waals surface area (Å²) in [4.78, 5) is 22.9. The quantitative estimate of drug-likeness (QED) is 0.630. The van der Waals surface area contributed by atoms with Gasteiger partial charge in [-0.25, -0.2) is 0 Å². The maximum absolute atomic E-state index is 12.0. The van der Waals surface area contributed by atoms with E-state index in [4.69, 9.17) is 27.9 Å². The van der Waals surface area contributed by atoms with E-state index < -0.39 is 47.8 Å². The highest BCUT2D eigenvalue weighted by Gasteiger charge is 2.18. The standard InChI is InChI=1S/C11H12ClNO3/c1-6(11(15)16)4-10(14)8-3-2-7(12)5-9(8)13/h2-3,5-6H,4,13H2,1H3,(H,15,16)/i2D,3D,5D,6D. The van der Waals surface area contributed by atoms with E-state index in [1.165, 1.54) is 0 Å². The number of rotatable bonds is 4. The fraction of sp³-hybridized carbons (Fsp3) is 0.273. The molecule has 0 fully saturated rings. The van der Waals surface area contributed by atoms with E-state index in [0.717, 1.165) is 6.92 Å². The Morgan fingerprint density at radius 2 is 2.31 bits per heavy atom. The average Bonchev–Trinajstić information content (AvgIpc) is 2.33. The zero-order valence-electron chi connectivity index (χ0n) is 12.4. The maximum atomic E-state index is 12.0. The molecule has 0 spiro atoms. The molecule has 1 rings (SSSR count). The van der Waals surface area contributed by atoms with E-state index >= 15 is 0 Å². The molecule has 0 aromatic heterocycles. The lowest BCUT2D eigenvalue weighted by atomic mass is 9.99. The second kappa shape index (κ2) is 4.99. The first-order valence-corrected chi connectivity index (χ1v) is 4.69. The van der Waals surface area contributed by atoms with Crippen LogP contribution in [-0.4, -0.2) is 16.9 Å². The van der Waals surface area contributed by atoms with Crippen molar-refractivity contribution >= 4 is 29.0 Å². The van der Waals surface area contributed by atoms with E-state index in [-0.39, 0.29) is 10.7 Å². The normalized spacial score (nSPS) is 17.6. The fourth-order valence-electron chi connectivity index (χ4n) is 1.02. The number of Topliss-reactive ketones (excluding diaryl/α,β-unsaturated/α-hetero) is 1. The van der Waals surface area contributed by atoms with Crippen LogP contribution in [0.1, 0.15) is 29.2 Å². The monoisotopic (exact) mass is 245 g/mol. The summed E-state index contributed by atoms with van der Waals surface area (Å²) >= 11 is 5.63. The zero-order valence-corrected chi connectivity index (χ0v) is 9.18. The predicted molar refractivity (Wildman–Crippen MR) is 61.6 cm³/mol. The number of nitrogen functional groups attached to an aromatic ring is 1. The number of nitrogens with two attached hydrogens (primary N) is 1. The van der Waals surface area contributed by atoms with E-state index in [0.29, 0.717) is 0 Å². The summed E-state index contributed by atoms with van der Waals surface area (Å²) in [6.45, 7) is 1.03. The number of carbonyl (C=O) groups is 2. The Morgan fingerprint density at radius 3 is 2.88 bits per heavy atom. The molecule has 0 amide bonds. The van der Waals surface area contributed by atoms with Crippen LogP contribution in [0.4, 0.5) is 5.69 Å². The predicted octanol–water partition coefficient (Wildman–Crippen LogP) is 2.22. The number of ketones is 1. The fourth-order valence-corrected chi connectivity index (χ4v) is 1.17. The molecule has 0 saturated carbocycles. The first-order valence-electron chi connectivity index (χ1n) is 6.32. The van der Waals surface area contributed by atoms with E-state index in [1.807, 2.05) is 0 Å². The molecule has 1 unspecified atom stereocenters. The van der Waals surface area contributed by atoms with Crippen molar-refractivity contribution < 1.29 is 20.2 Å². The summed E-state index contributed by atoms with van der Waals surface area (Å²) in [7, 11) is 0. The Hall–Kier alpha value is -1.55. The third kappa shape index (κ3) is 2.97. The SMILES string of the molecule is [2H]c1c([2H])c(C(=O)CC([2H])(C)C(=O)O)c(N)c([2H])c1Cl. The van der Waals surface area contributed by atoms with Crippen molar-refractivity contribution in [3.63, 3.8) is 0 Å². The van der Waals surface area contributed by atoms with Crippen molar-refractivity contribution in [2.75, 3.05) is 5.73 Å². The number of carboxylic acids is 1. The molecule has 4 nitrogen and oxygen atoms in total. The van der Waals surface area contributed by atoms with Crippen molar-refractivity contribution in [3.05, 3.63) is 28.7 Å². The molecule has 1 aromatic rings. The molecular formula is C11H12ClNO3. The number of benzene rings is 1. The third-order valence-corrected chi connectivity index (χ3v) is 2.07. The van der Waals surface area contributed by atoms with Gasteiger partial charge in [0.25, 0.3) is 0 Å². The number of hydrogen-bond acceptors (Lipinski definition) is 3. The molecule has 5 heteroatoms. The van der Waals surface area contributed by atoms with Gasteiger partial charge in [0.15, 0.2) is 5.78 Å². The molecular weight excluding hydrogens is 230 g/mol. The highest BCUT2D eigenvalue weighted by atomic mass is 35.5. The molecule has 0 aliphatic carbocycles. The molecule has 0 aliphatic rings. The van der Waals surface area contributed by atoms with E-state index in [2.05, 4.69) is 0 Å². The van der Waals surface area contributed by atoms with Crippen molar-refractivity contribution in [1.82, 2.24) is 0 Å². The van der Waals surface area contributed by atoms with Gasteiger partial charge < -0.3 is 10.8 Å². The van der Waals surface area contributed by atoms with Crippen molar-refractivity contribution in [2.45, 2.75) is 13.3 Å². The van der Waals surface area contributed by atoms with Crippen LogP contribution in [0.25, 0.3) is 0 Å². The lowest BCUT2D eigenvalue weighted by Gasteiger charge is -2.07. The molecule has 86 valence electrons. The summed E-state index contributed by atoms with van der Waals surface area (Å²) in [5, 5.41) is 8.46. The van der Waals surface area contributed by atoms with Gasteiger partial charge in [-0.1, -0.05) is 18.5 Å². The van der Waals surface area contributed by atoms with Crippen molar-refractivity contribution in [1.29, 1.82) is 0 Å². The average molecular weight is 246 g/mol. The number of carboxylic acid groups (broad SMARTS) is 1. The van der Waals surface area contributed by atoms with Crippen LogP contribution in [0.3, 0.4) is 0 Å². The van der Waals surface area contributed by atoms with Gasteiger partial charge in [0, 0.05) is 24.1 Å². The number of hydrogen-bond donors (Lipinski definition) is 2. The number of carbonyl (C=O) groups excluding carboxylic acids is 1. The van der Waals surface area contributed by atoms with Crippen LogP contribution in [0, 0.1) is 5.89 Å². The first-order chi connectivity index (χ1) is 9.00. The maximum Gasteiger partial charge on any atom is 0.306 e. The van der Waals surface area contributed by atoms with Crippen LogP contribution in [0.5, 0.6) is 0 Å². The lowest BCUT2D eigenvalue weighted by molar-refractivity contribution is -0.141. The number of aliphatic carboxylic acids is 1. The molecule has 0 radical (unpaired) electrons. The van der Waals surface area contributed by atoms with Gasteiger partial charge in [0.05, 0.1) is 10.0 Å². The Bertz CT molecular complexity index is 575. The third-order valence-electron chi connectivity index (χ3n) is 1.88. The summed E-state index contributed by atoms with van der Waals surface area (Å²) < 4.78 is 30.2. The van der Waals surface area contributed by atoms with E-state index in [9.17, 15) is 9.59 Å². The summed E-state index contributed by atoms with van der Waals surface area (Å²) in [6, 6.07) is -1.57. The number of anilines is 1. The van der Waals surface area contributed by atoms with Gasteiger partial charge in [-0.15, -0.1) is 0 Å². The molecule has 0 aliphatic heterocycles. The van der Waals surface area contributed by atoms with E-state index in [1.54, 1.807) is 0 Å². The molecule has 1 atom stereocenters.